The molecule has 0 saturated carbocycles. The summed E-state index contributed by atoms with van der Waals surface area (Å²) in [4.78, 5) is 5.15. The fourth-order valence-corrected chi connectivity index (χ4v) is 4.75. The molecule has 6 rings (SSSR count). The molecule has 3 heterocycles. The average Bonchev–Trinajstić information content (AvgIpc) is 3.32. The van der Waals surface area contributed by atoms with Gasteiger partial charge in [-0.05, 0) is 50.2 Å². The van der Waals surface area contributed by atoms with Gasteiger partial charge in [-0.15, -0.1) is 0 Å². The van der Waals surface area contributed by atoms with Crippen molar-refractivity contribution in [1.29, 1.82) is 0 Å². The molecule has 0 aliphatic heterocycles. The zero-order chi connectivity index (χ0) is 21.7. The van der Waals surface area contributed by atoms with Gasteiger partial charge >= 0.3 is 0 Å². The van der Waals surface area contributed by atoms with Crippen molar-refractivity contribution < 1.29 is 0 Å². The van der Waals surface area contributed by atoms with Crippen molar-refractivity contribution in [2.45, 2.75) is 13.8 Å². The van der Waals surface area contributed by atoms with Crippen LogP contribution in [-0.4, -0.2) is 14.1 Å². The maximum atomic E-state index is 5.15. The number of aromatic nitrogens is 3. The molecule has 3 heteroatoms. The quantitative estimate of drug-likeness (QED) is 0.305. The summed E-state index contributed by atoms with van der Waals surface area (Å²) in [6.07, 6.45) is 4.20. The van der Waals surface area contributed by atoms with E-state index in [0.717, 1.165) is 44.8 Å². The van der Waals surface area contributed by atoms with Gasteiger partial charge in [-0.2, -0.15) is 0 Å². The Bertz CT molecular complexity index is 1590. The molecule has 3 aromatic heterocycles. The van der Waals surface area contributed by atoms with Gasteiger partial charge in [-0.3, -0.25) is 9.13 Å². The Labute approximate surface area is 186 Å². The third-order valence-electron chi connectivity index (χ3n) is 6.10. The number of nitrogens with zero attached hydrogens (tertiary/aromatic N) is 3. The zero-order valence-electron chi connectivity index (χ0n) is 18.0. The summed E-state index contributed by atoms with van der Waals surface area (Å²) in [6.45, 7) is 4.17. The molecule has 6 aromatic rings. The average molecular weight is 412 g/mol. The number of hydrogen-bond donors (Lipinski definition) is 0. The van der Waals surface area contributed by atoms with E-state index < -0.39 is 0 Å². The van der Waals surface area contributed by atoms with Crippen LogP contribution in [0.15, 0.2) is 84.9 Å². The standard InChI is InChI=1S/C29H21N3/c1-3-11-21-20(2)31(25-15-7-4-12-22(21)25)28-18-10-19-29(30-28)32-26-16-8-5-13-23(26)24-14-6-9-17-27(24)32/h3,5-11,13-19H,1-2H3/b11-3-. The Kier molecular flexibility index (Phi) is 4.13. The Balaban J connectivity index is 1.64. The third kappa shape index (κ3) is 2.60. The van der Waals surface area contributed by atoms with Gasteiger partial charge in [0.05, 0.1) is 21.9 Å². The van der Waals surface area contributed by atoms with Gasteiger partial charge in [0, 0.05) is 22.0 Å². The Morgan fingerprint density at radius 1 is 0.750 bits per heavy atom. The first-order valence-corrected chi connectivity index (χ1v) is 10.8. The van der Waals surface area contributed by atoms with Crippen LogP contribution >= 0.6 is 0 Å². The topological polar surface area (TPSA) is 22.8 Å². The summed E-state index contributed by atoms with van der Waals surface area (Å²) in [7, 11) is 0. The lowest BCUT2D eigenvalue weighted by molar-refractivity contribution is 0.962. The van der Waals surface area contributed by atoms with Gasteiger partial charge in [0.2, 0.25) is 0 Å². The lowest BCUT2D eigenvalue weighted by atomic mass is 10.1. The highest BCUT2D eigenvalue weighted by Crippen LogP contribution is 2.32. The molecule has 3 aromatic carbocycles. The van der Waals surface area contributed by atoms with Crippen LogP contribution in [0.25, 0.3) is 50.4 Å². The fraction of sp³-hybridized carbons (Fsp3) is 0.0690. The lowest BCUT2D eigenvalue weighted by Gasteiger charge is -2.12. The number of benzene rings is 2. The van der Waals surface area contributed by atoms with Crippen LogP contribution in [0.4, 0.5) is 0 Å². The highest BCUT2D eigenvalue weighted by molar-refractivity contribution is 6.09. The molecule has 3 nitrogen and oxygen atoms in total. The summed E-state index contributed by atoms with van der Waals surface area (Å²) in [6, 6.07) is 33.7. The largest absolute Gasteiger partial charge is 0.297 e. The van der Waals surface area contributed by atoms with E-state index in [4.69, 9.17) is 4.98 Å². The molecule has 0 spiro atoms. The molecule has 0 N–H and O–H groups in total. The first-order chi connectivity index (χ1) is 15.8. The van der Waals surface area contributed by atoms with Crippen LogP contribution < -0.4 is 0 Å². The van der Waals surface area contributed by atoms with E-state index in [9.17, 15) is 0 Å². The minimum Gasteiger partial charge on any atom is -0.297 e. The van der Waals surface area contributed by atoms with E-state index in [-0.39, 0.29) is 0 Å². The van der Waals surface area contributed by atoms with Crippen molar-refractivity contribution in [2.24, 2.45) is 0 Å². The summed E-state index contributed by atoms with van der Waals surface area (Å²) in [5, 5.41) is 3.53. The number of pyridine rings is 1. The SMILES string of the molecule is C/C=C\c1c(C)n(-c2cccc(-n3c4ccccc4c4ccccc43)n2)c2ccc#cc12. The molecule has 32 heavy (non-hydrogen) atoms. The highest BCUT2D eigenvalue weighted by atomic mass is 15.1. The fourth-order valence-electron chi connectivity index (χ4n) is 4.75. The van der Waals surface area contributed by atoms with E-state index in [0.29, 0.717) is 0 Å². The number of fused-ring (bicyclic) bond motifs is 4. The Morgan fingerprint density at radius 3 is 2.09 bits per heavy atom. The predicted octanol–water partition coefficient (Wildman–Crippen LogP) is 7.06. The van der Waals surface area contributed by atoms with Crippen LogP contribution in [0.3, 0.4) is 0 Å². The monoisotopic (exact) mass is 411 g/mol. The second kappa shape index (κ2) is 7.14. The Morgan fingerprint density at radius 2 is 1.41 bits per heavy atom. The van der Waals surface area contributed by atoms with E-state index in [2.05, 4.69) is 113 Å². The predicted molar refractivity (Wildman–Crippen MR) is 133 cm³/mol. The number of para-hydroxylation sites is 2. The van der Waals surface area contributed by atoms with Crippen molar-refractivity contribution in [3.05, 3.63) is 108 Å². The van der Waals surface area contributed by atoms with E-state index in [1.807, 2.05) is 13.0 Å². The molecular formula is C29H21N3. The number of allylic oxidation sites excluding steroid dienone is 1. The van der Waals surface area contributed by atoms with Crippen molar-refractivity contribution in [3.63, 3.8) is 0 Å². The van der Waals surface area contributed by atoms with Gasteiger partial charge < -0.3 is 0 Å². The van der Waals surface area contributed by atoms with Crippen LogP contribution in [0.1, 0.15) is 18.2 Å². The maximum absolute atomic E-state index is 5.15. The van der Waals surface area contributed by atoms with Gasteiger partial charge in [-0.25, -0.2) is 4.98 Å². The van der Waals surface area contributed by atoms with Gasteiger partial charge in [0.15, 0.2) is 0 Å². The third-order valence-corrected chi connectivity index (χ3v) is 6.10. The molecule has 152 valence electrons. The van der Waals surface area contributed by atoms with Crippen LogP contribution in [0.2, 0.25) is 0 Å². The number of hydrogen-bond acceptors (Lipinski definition) is 1. The minimum atomic E-state index is 0.891. The summed E-state index contributed by atoms with van der Waals surface area (Å²) in [5.41, 5.74) is 5.69. The van der Waals surface area contributed by atoms with E-state index in [1.54, 1.807) is 0 Å². The van der Waals surface area contributed by atoms with Crippen LogP contribution in [-0.2, 0) is 0 Å². The lowest BCUT2D eigenvalue weighted by Crippen LogP contribution is -2.04. The molecular weight excluding hydrogens is 390 g/mol. The summed E-state index contributed by atoms with van der Waals surface area (Å²) >= 11 is 0. The molecule has 0 radical (unpaired) electrons. The minimum absolute atomic E-state index is 0.891. The summed E-state index contributed by atoms with van der Waals surface area (Å²) in [5.74, 6) is 1.79. The first kappa shape index (κ1) is 18.5. The van der Waals surface area contributed by atoms with Crippen molar-refractivity contribution >= 4 is 38.8 Å². The van der Waals surface area contributed by atoms with Gasteiger partial charge in [0.25, 0.3) is 0 Å². The molecule has 0 atom stereocenters. The Hall–Kier alpha value is -4.29. The molecule has 0 aliphatic rings. The second-order valence-corrected chi connectivity index (χ2v) is 7.92. The molecule has 0 aliphatic carbocycles. The van der Waals surface area contributed by atoms with Crippen LogP contribution in [0.5, 0.6) is 0 Å². The molecule has 0 unspecified atom stereocenters. The first-order valence-electron chi connectivity index (χ1n) is 10.8. The maximum Gasteiger partial charge on any atom is 0.140 e. The molecule has 0 saturated heterocycles. The second-order valence-electron chi connectivity index (χ2n) is 7.92. The normalized spacial score (nSPS) is 11.7. The van der Waals surface area contributed by atoms with Crippen LogP contribution in [0, 0.1) is 19.1 Å². The van der Waals surface area contributed by atoms with E-state index in [1.165, 1.54) is 10.8 Å². The van der Waals surface area contributed by atoms with Crippen molar-refractivity contribution in [1.82, 2.24) is 14.1 Å². The van der Waals surface area contributed by atoms with Crippen molar-refractivity contribution in [3.8, 4) is 11.6 Å². The van der Waals surface area contributed by atoms with Gasteiger partial charge in [-0.1, -0.05) is 66.7 Å². The molecule has 0 amide bonds. The van der Waals surface area contributed by atoms with Gasteiger partial charge in [0.1, 0.15) is 11.6 Å². The molecule has 0 fully saturated rings. The summed E-state index contributed by atoms with van der Waals surface area (Å²) < 4.78 is 4.47. The molecule has 0 bridgehead atoms. The number of rotatable bonds is 3. The highest BCUT2D eigenvalue weighted by Gasteiger charge is 2.16. The zero-order valence-corrected chi connectivity index (χ0v) is 18.0. The van der Waals surface area contributed by atoms with E-state index >= 15 is 0 Å². The smallest absolute Gasteiger partial charge is 0.140 e. The van der Waals surface area contributed by atoms with Crippen molar-refractivity contribution in [2.75, 3.05) is 0 Å².